The molecule has 1 aromatic heterocycles. The smallest absolute Gasteiger partial charge is 0.326 e. The number of primary amides is 1. The number of carboxylic acid groups (broad SMARTS) is 1. The molecule has 4 unspecified atom stereocenters. The number of para-hydroxylation sites is 1. The number of benzene rings is 1. The molecular weight excluding hydrogens is 504 g/mol. The van der Waals surface area contributed by atoms with Gasteiger partial charge >= 0.3 is 5.97 Å². The average Bonchev–Trinajstić information content (AvgIpc) is 3.56. The first-order valence-corrected chi connectivity index (χ1v) is 13.3. The molecule has 1 aliphatic rings. The van der Waals surface area contributed by atoms with E-state index in [-0.39, 0.29) is 37.5 Å². The number of rotatable bonds is 14. The molecule has 12 nitrogen and oxygen atoms in total. The Balaban J connectivity index is 1.79. The first kappa shape index (κ1) is 29.6. The summed E-state index contributed by atoms with van der Waals surface area (Å²) in [7, 11) is 0. The number of hydrogen-bond donors (Lipinski definition) is 7. The monoisotopic (exact) mass is 542 g/mol. The fraction of sp³-hybridized carbons (Fsp3) is 0.519. The van der Waals surface area contributed by atoms with Gasteiger partial charge in [0.15, 0.2) is 0 Å². The normalized spacial score (nSPS) is 17.4. The van der Waals surface area contributed by atoms with Gasteiger partial charge in [-0.25, -0.2) is 4.79 Å². The molecule has 1 aromatic carbocycles. The molecule has 8 N–H and O–H groups in total. The molecule has 1 fully saturated rings. The Morgan fingerprint density at radius 1 is 1.03 bits per heavy atom. The molecule has 1 saturated heterocycles. The molecule has 2 aromatic rings. The number of hydrogen-bond acceptors (Lipinski definition) is 6. The fourth-order valence-electron chi connectivity index (χ4n) is 4.70. The van der Waals surface area contributed by atoms with Crippen molar-refractivity contribution in [3.63, 3.8) is 0 Å². The van der Waals surface area contributed by atoms with Crippen LogP contribution in [0, 0.1) is 5.92 Å². The second kappa shape index (κ2) is 13.7. The predicted molar refractivity (Wildman–Crippen MR) is 144 cm³/mol. The Kier molecular flexibility index (Phi) is 10.4. The van der Waals surface area contributed by atoms with E-state index < -0.39 is 47.9 Å². The predicted octanol–water partition coefficient (Wildman–Crippen LogP) is 0.313. The SMILES string of the molecule is CC(C)CC(NC(=O)C(Cc1c[nH]c2ccccc12)NC(=O)C1CCCN1)C(=O)NC(CCC(N)=O)C(=O)O. The summed E-state index contributed by atoms with van der Waals surface area (Å²) in [4.78, 5) is 65.6. The van der Waals surface area contributed by atoms with Crippen molar-refractivity contribution in [2.24, 2.45) is 11.7 Å². The molecule has 0 aliphatic carbocycles. The van der Waals surface area contributed by atoms with Crippen molar-refractivity contribution >= 4 is 40.5 Å². The average molecular weight is 543 g/mol. The standard InChI is InChI=1S/C27H38N6O6/c1-15(2)12-21(25(36)31-20(27(38)39)9-10-23(28)34)32-26(37)22(33-24(35)19-8-5-11-29-19)13-16-14-30-18-7-4-3-6-17(16)18/h3-4,6-7,14-15,19-22,29-30H,5,8-13H2,1-2H3,(H2,28,34)(H,31,36)(H,32,37)(H,33,35)(H,38,39). The minimum atomic E-state index is -1.34. The lowest BCUT2D eigenvalue weighted by molar-refractivity contribution is -0.142. The van der Waals surface area contributed by atoms with E-state index >= 15 is 0 Å². The second-order valence-corrected chi connectivity index (χ2v) is 10.4. The number of H-pyrrole nitrogens is 1. The Bertz CT molecular complexity index is 1190. The summed E-state index contributed by atoms with van der Waals surface area (Å²) in [5, 5.41) is 21.5. The summed E-state index contributed by atoms with van der Waals surface area (Å²) >= 11 is 0. The van der Waals surface area contributed by atoms with Crippen molar-refractivity contribution < 1.29 is 29.1 Å². The molecule has 3 rings (SSSR count). The van der Waals surface area contributed by atoms with Crippen LogP contribution >= 0.6 is 0 Å². The molecule has 212 valence electrons. The van der Waals surface area contributed by atoms with Gasteiger partial charge in [-0.05, 0) is 49.8 Å². The fourth-order valence-corrected chi connectivity index (χ4v) is 4.70. The molecule has 39 heavy (non-hydrogen) atoms. The maximum atomic E-state index is 13.6. The van der Waals surface area contributed by atoms with Crippen LogP contribution in [0.25, 0.3) is 10.9 Å². The van der Waals surface area contributed by atoms with Crippen LogP contribution in [0.3, 0.4) is 0 Å². The quantitative estimate of drug-likeness (QED) is 0.178. The summed E-state index contributed by atoms with van der Waals surface area (Å²) in [6, 6.07) is 3.83. The van der Waals surface area contributed by atoms with E-state index in [1.54, 1.807) is 6.20 Å². The number of nitrogens with two attached hydrogens (primary N) is 1. The van der Waals surface area contributed by atoms with Gasteiger partial charge in [-0.3, -0.25) is 19.2 Å². The third-order valence-corrected chi connectivity index (χ3v) is 6.74. The zero-order valence-electron chi connectivity index (χ0n) is 22.3. The van der Waals surface area contributed by atoms with E-state index in [1.807, 2.05) is 38.1 Å². The first-order chi connectivity index (χ1) is 18.5. The Morgan fingerprint density at radius 2 is 1.72 bits per heavy atom. The van der Waals surface area contributed by atoms with Crippen LogP contribution in [0.2, 0.25) is 0 Å². The highest BCUT2D eigenvalue weighted by Gasteiger charge is 2.32. The number of aromatic nitrogens is 1. The van der Waals surface area contributed by atoms with Crippen molar-refractivity contribution in [3.8, 4) is 0 Å². The van der Waals surface area contributed by atoms with E-state index in [9.17, 15) is 29.1 Å². The lowest BCUT2D eigenvalue weighted by Crippen LogP contribution is -2.57. The number of aliphatic carboxylic acids is 1. The number of amides is 4. The number of carbonyl (C=O) groups is 5. The molecule has 12 heteroatoms. The Hall–Kier alpha value is -3.93. The summed E-state index contributed by atoms with van der Waals surface area (Å²) < 4.78 is 0. The van der Waals surface area contributed by atoms with Gasteiger partial charge in [0, 0.05) is 29.9 Å². The number of aromatic amines is 1. The third-order valence-electron chi connectivity index (χ3n) is 6.74. The highest BCUT2D eigenvalue weighted by Crippen LogP contribution is 2.20. The van der Waals surface area contributed by atoms with Crippen molar-refractivity contribution in [2.75, 3.05) is 6.54 Å². The van der Waals surface area contributed by atoms with Crippen molar-refractivity contribution in [3.05, 3.63) is 36.0 Å². The van der Waals surface area contributed by atoms with Gasteiger partial charge in [0.2, 0.25) is 23.6 Å². The molecular formula is C27H38N6O6. The number of carboxylic acids is 1. The van der Waals surface area contributed by atoms with Crippen LogP contribution in [-0.2, 0) is 30.4 Å². The van der Waals surface area contributed by atoms with E-state index in [4.69, 9.17) is 5.73 Å². The molecule has 0 spiro atoms. The lowest BCUT2D eigenvalue weighted by atomic mass is 10.00. The third kappa shape index (κ3) is 8.54. The second-order valence-electron chi connectivity index (χ2n) is 10.4. The highest BCUT2D eigenvalue weighted by atomic mass is 16.4. The van der Waals surface area contributed by atoms with Crippen molar-refractivity contribution in [1.82, 2.24) is 26.3 Å². The molecule has 2 heterocycles. The van der Waals surface area contributed by atoms with Crippen LogP contribution in [0.4, 0.5) is 0 Å². The molecule has 0 saturated carbocycles. The largest absolute Gasteiger partial charge is 0.480 e. The number of fused-ring (bicyclic) bond motifs is 1. The van der Waals surface area contributed by atoms with Gasteiger partial charge in [-0.1, -0.05) is 32.0 Å². The lowest BCUT2D eigenvalue weighted by Gasteiger charge is -2.26. The topological polar surface area (TPSA) is 196 Å². The van der Waals surface area contributed by atoms with Gasteiger partial charge in [0.25, 0.3) is 0 Å². The van der Waals surface area contributed by atoms with E-state index in [0.29, 0.717) is 13.0 Å². The molecule has 0 radical (unpaired) electrons. The maximum Gasteiger partial charge on any atom is 0.326 e. The van der Waals surface area contributed by atoms with Crippen LogP contribution in [0.1, 0.15) is 51.5 Å². The van der Waals surface area contributed by atoms with Crippen LogP contribution in [-0.4, -0.2) is 70.4 Å². The van der Waals surface area contributed by atoms with Crippen LogP contribution < -0.4 is 27.0 Å². The number of nitrogens with one attached hydrogen (secondary N) is 5. The zero-order valence-corrected chi connectivity index (χ0v) is 22.3. The summed E-state index contributed by atoms with van der Waals surface area (Å²) in [6.07, 6.45) is 3.33. The minimum absolute atomic E-state index is 0.0145. The zero-order chi connectivity index (χ0) is 28.5. The van der Waals surface area contributed by atoms with Gasteiger partial charge in [-0.2, -0.15) is 0 Å². The highest BCUT2D eigenvalue weighted by molar-refractivity contribution is 5.95. The van der Waals surface area contributed by atoms with Gasteiger partial charge in [0.1, 0.15) is 18.1 Å². The van der Waals surface area contributed by atoms with Crippen LogP contribution in [0.15, 0.2) is 30.5 Å². The van der Waals surface area contributed by atoms with Gasteiger partial charge < -0.3 is 37.1 Å². The van der Waals surface area contributed by atoms with Gasteiger partial charge in [0.05, 0.1) is 6.04 Å². The number of carbonyl (C=O) groups excluding carboxylic acids is 4. The van der Waals surface area contributed by atoms with E-state index in [0.717, 1.165) is 22.9 Å². The Morgan fingerprint density at radius 3 is 2.36 bits per heavy atom. The van der Waals surface area contributed by atoms with Crippen molar-refractivity contribution in [2.45, 2.75) is 76.5 Å². The van der Waals surface area contributed by atoms with Gasteiger partial charge in [-0.15, -0.1) is 0 Å². The minimum Gasteiger partial charge on any atom is -0.480 e. The van der Waals surface area contributed by atoms with E-state index in [1.165, 1.54) is 0 Å². The molecule has 4 amide bonds. The molecule has 1 aliphatic heterocycles. The van der Waals surface area contributed by atoms with E-state index in [2.05, 4.69) is 26.3 Å². The summed E-state index contributed by atoms with van der Waals surface area (Å²) in [5.74, 6) is -3.56. The Labute approximate surface area is 226 Å². The molecule has 0 bridgehead atoms. The van der Waals surface area contributed by atoms with Crippen molar-refractivity contribution in [1.29, 1.82) is 0 Å². The van der Waals surface area contributed by atoms with Crippen LogP contribution in [0.5, 0.6) is 0 Å². The maximum absolute atomic E-state index is 13.6. The first-order valence-electron chi connectivity index (χ1n) is 13.3. The molecule has 4 atom stereocenters. The summed E-state index contributed by atoms with van der Waals surface area (Å²) in [6.45, 7) is 4.45. The summed E-state index contributed by atoms with van der Waals surface area (Å²) in [5.41, 5.74) is 6.85.